The topological polar surface area (TPSA) is 89.5 Å². The molecule has 0 aliphatic rings. The lowest BCUT2D eigenvalue weighted by Crippen LogP contribution is -2.30. The fourth-order valence-electron chi connectivity index (χ4n) is 2.15. The van der Waals surface area contributed by atoms with Gasteiger partial charge < -0.3 is 10.1 Å². The van der Waals surface area contributed by atoms with Gasteiger partial charge in [0.25, 0.3) is 5.91 Å². The first-order chi connectivity index (χ1) is 12.5. The van der Waals surface area contributed by atoms with Crippen molar-refractivity contribution in [1.29, 1.82) is 0 Å². The van der Waals surface area contributed by atoms with Crippen LogP contribution in [0.4, 0.5) is 14.5 Å². The highest BCUT2D eigenvalue weighted by Crippen LogP contribution is 2.18. The number of carbonyl (C=O) groups is 2. The minimum Gasteiger partial charge on any atom is -0.449 e. The van der Waals surface area contributed by atoms with E-state index in [9.17, 15) is 26.8 Å². The Morgan fingerprint density at radius 3 is 2.37 bits per heavy atom. The van der Waals surface area contributed by atoms with Crippen LogP contribution in [0.15, 0.2) is 41.3 Å². The molecule has 2 aromatic rings. The number of aryl methyl sites for hydroxylation is 1. The number of hydrogen-bond acceptors (Lipinski definition) is 5. The van der Waals surface area contributed by atoms with Gasteiger partial charge in [-0.3, -0.25) is 4.79 Å². The molecule has 6 nitrogen and oxygen atoms in total. The molecule has 0 aliphatic heterocycles. The van der Waals surface area contributed by atoms with Gasteiger partial charge in [0.15, 0.2) is 15.9 Å². The van der Waals surface area contributed by atoms with Crippen LogP contribution in [0.2, 0.25) is 0 Å². The third kappa shape index (κ3) is 5.10. The van der Waals surface area contributed by atoms with Gasteiger partial charge in [0.1, 0.15) is 11.6 Å². The zero-order valence-corrected chi connectivity index (χ0v) is 15.6. The average molecular weight is 397 g/mol. The Morgan fingerprint density at radius 1 is 1.11 bits per heavy atom. The Hall–Kier alpha value is -2.81. The van der Waals surface area contributed by atoms with Gasteiger partial charge >= 0.3 is 5.97 Å². The van der Waals surface area contributed by atoms with Crippen LogP contribution in [-0.2, 0) is 19.4 Å². The maximum absolute atomic E-state index is 13.6. The van der Waals surface area contributed by atoms with Crippen LogP contribution >= 0.6 is 0 Å². The van der Waals surface area contributed by atoms with Crippen LogP contribution in [-0.4, -0.2) is 32.7 Å². The molecule has 0 unspecified atom stereocenters. The molecule has 0 bridgehead atoms. The Labute approximate surface area is 155 Å². The van der Waals surface area contributed by atoms with Crippen LogP contribution in [0.3, 0.4) is 0 Å². The second-order valence-corrected chi connectivity index (χ2v) is 7.93. The predicted molar refractivity (Wildman–Crippen MR) is 94.2 cm³/mol. The fourth-order valence-corrected chi connectivity index (χ4v) is 2.80. The van der Waals surface area contributed by atoms with Crippen molar-refractivity contribution in [3.63, 3.8) is 0 Å². The van der Waals surface area contributed by atoms with Crippen molar-refractivity contribution in [2.24, 2.45) is 0 Å². The number of hydrogen-bond donors (Lipinski definition) is 1. The van der Waals surface area contributed by atoms with Gasteiger partial charge in [0, 0.05) is 12.3 Å². The first kappa shape index (κ1) is 20.5. The number of halogens is 2. The molecule has 1 amide bonds. The highest BCUT2D eigenvalue weighted by atomic mass is 32.2. The molecule has 0 saturated carbocycles. The highest BCUT2D eigenvalue weighted by Gasteiger charge is 2.22. The first-order valence-electron chi connectivity index (χ1n) is 7.76. The van der Waals surface area contributed by atoms with E-state index < -0.39 is 39.5 Å². The summed E-state index contributed by atoms with van der Waals surface area (Å²) in [5.41, 5.74) is 0.190. The fraction of sp³-hybridized carbons (Fsp3) is 0.222. The summed E-state index contributed by atoms with van der Waals surface area (Å²) in [6.45, 7) is 2.85. The Balaban J connectivity index is 2.14. The van der Waals surface area contributed by atoms with E-state index in [0.29, 0.717) is 11.6 Å². The van der Waals surface area contributed by atoms with Crippen molar-refractivity contribution in [1.82, 2.24) is 0 Å². The molecule has 1 atom stereocenters. The van der Waals surface area contributed by atoms with Gasteiger partial charge in [-0.25, -0.2) is 22.0 Å². The summed E-state index contributed by atoms with van der Waals surface area (Å²) in [5.74, 6) is -3.50. The van der Waals surface area contributed by atoms with Crippen LogP contribution in [0.1, 0.15) is 22.8 Å². The van der Waals surface area contributed by atoms with E-state index in [1.807, 2.05) is 0 Å². The summed E-state index contributed by atoms with van der Waals surface area (Å²) < 4.78 is 54.8. The molecule has 144 valence electrons. The smallest absolute Gasteiger partial charge is 0.339 e. The molecule has 2 rings (SSSR count). The standard InChI is InChI=1S/C18H17F2NO5S/c1-10-4-6-13(27(3,24)25)9-14(10)18(23)26-11(2)17(22)21-16-7-5-12(19)8-15(16)20/h4-9,11H,1-3H3,(H,21,22)/t11-/m0/s1. The van der Waals surface area contributed by atoms with Crippen molar-refractivity contribution in [3.05, 3.63) is 59.2 Å². The number of amides is 1. The molecule has 0 aliphatic carbocycles. The maximum atomic E-state index is 13.6. The lowest BCUT2D eigenvalue weighted by Gasteiger charge is -2.15. The summed E-state index contributed by atoms with van der Waals surface area (Å²) in [7, 11) is -3.53. The number of nitrogens with one attached hydrogen (secondary N) is 1. The lowest BCUT2D eigenvalue weighted by atomic mass is 10.1. The number of esters is 1. The molecular formula is C18H17F2NO5S. The molecular weight excluding hydrogens is 380 g/mol. The Morgan fingerprint density at radius 2 is 1.78 bits per heavy atom. The van der Waals surface area contributed by atoms with Crippen molar-refractivity contribution < 1.29 is 31.5 Å². The SMILES string of the molecule is Cc1ccc(S(C)(=O)=O)cc1C(=O)O[C@@H](C)C(=O)Nc1ccc(F)cc1F. The Bertz CT molecular complexity index is 1000. The number of sulfone groups is 1. The van der Waals surface area contributed by atoms with Crippen LogP contribution in [0.25, 0.3) is 0 Å². The zero-order chi connectivity index (χ0) is 20.4. The monoisotopic (exact) mass is 397 g/mol. The van der Waals surface area contributed by atoms with E-state index in [-0.39, 0.29) is 16.1 Å². The molecule has 0 radical (unpaired) electrons. The number of rotatable bonds is 5. The van der Waals surface area contributed by atoms with E-state index in [2.05, 4.69) is 5.32 Å². The molecule has 1 N–H and O–H groups in total. The number of benzene rings is 2. The van der Waals surface area contributed by atoms with Crippen LogP contribution in [0.5, 0.6) is 0 Å². The Kier molecular flexibility index (Phi) is 5.94. The largest absolute Gasteiger partial charge is 0.449 e. The van der Waals surface area contributed by atoms with Crippen molar-refractivity contribution in [2.45, 2.75) is 24.8 Å². The molecule has 27 heavy (non-hydrogen) atoms. The quantitative estimate of drug-likeness (QED) is 0.784. The van der Waals surface area contributed by atoms with Crippen LogP contribution < -0.4 is 5.32 Å². The normalized spacial score (nSPS) is 12.3. The first-order valence-corrected chi connectivity index (χ1v) is 9.66. The molecule has 2 aromatic carbocycles. The number of carbonyl (C=O) groups excluding carboxylic acids is 2. The second-order valence-electron chi connectivity index (χ2n) is 5.91. The molecule has 0 aromatic heterocycles. The summed E-state index contributed by atoms with van der Waals surface area (Å²) in [6.07, 6.45) is -0.302. The van der Waals surface area contributed by atoms with E-state index >= 15 is 0 Å². The molecule has 0 spiro atoms. The molecule has 0 saturated heterocycles. The van der Waals surface area contributed by atoms with E-state index in [1.165, 1.54) is 19.1 Å². The van der Waals surface area contributed by atoms with Gasteiger partial charge in [-0.1, -0.05) is 6.07 Å². The van der Waals surface area contributed by atoms with Crippen LogP contribution in [0, 0.1) is 18.6 Å². The highest BCUT2D eigenvalue weighted by molar-refractivity contribution is 7.90. The van der Waals surface area contributed by atoms with Gasteiger partial charge in [-0.15, -0.1) is 0 Å². The summed E-state index contributed by atoms with van der Waals surface area (Å²) in [5, 5.41) is 2.19. The zero-order valence-electron chi connectivity index (χ0n) is 14.7. The van der Waals surface area contributed by atoms with Gasteiger partial charge in [0.2, 0.25) is 0 Å². The van der Waals surface area contributed by atoms with Gasteiger partial charge in [-0.05, 0) is 43.7 Å². The molecule has 0 fully saturated rings. The van der Waals surface area contributed by atoms with Crippen molar-refractivity contribution in [3.8, 4) is 0 Å². The molecule has 0 heterocycles. The average Bonchev–Trinajstić information content (AvgIpc) is 2.56. The minimum atomic E-state index is -3.53. The summed E-state index contributed by atoms with van der Waals surface area (Å²) in [4.78, 5) is 24.3. The maximum Gasteiger partial charge on any atom is 0.339 e. The molecule has 9 heteroatoms. The van der Waals surface area contributed by atoms with Crippen molar-refractivity contribution in [2.75, 3.05) is 11.6 Å². The third-order valence-electron chi connectivity index (χ3n) is 3.70. The second kappa shape index (κ2) is 7.83. The van der Waals surface area contributed by atoms with E-state index in [4.69, 9.17) is 4.74 Å². The lowest BCUT2D eigenvalue weighted by molar-refractivity contribution is -0.123. The minimum absolute atomic E-state index is 0.00876. The summed E-state index contributed by atoms with van der Waals surface area (Å²) >= 11 is 0. The van der Waals surface area contributed by atoms with Gasteiger partial charge in [-0.2, -0.15) is 0 Å². The number of ether oxygens (including phenoxy) is 1. The van der Waals surface area contributed by atoms with Crippen molar-refractivity contribution >= 4 is 27.4 Å². The van der Waals surface area contributed by atoms with E-state index in [0.717, 1.165) is 24.5 Å². The predicted octanol–water partition coefficient (Wildman–Crippen LogP) is 2.86. The number of anilines is 1. The third-order valence-corrected chi connectivity index (χ3v) is 4.81. The van der Waals surface area contributed by atoms with Gasteiger partial charge in [0.05, 0.1) is 16.1 Å². The van der Waals surface area contributed by atoms with E-state index in [1.54, 1.807) is 6.92 Å². The summed E-state index contributed by atoms with van der Waals surface area (Å²) in [6, 6.07) is 6.58.